The van der Waals surface area contributed by atoms with E-state index in [-0.39, 0.29) is 18.1 Å². The van der Waals surface area contributed by atoms with Gasteiger partial charge in [-0.25, -0.2) is 4.39 Å². The summed E-state index contributed by atoms with van der Waals surface area (Å²) >= 11 is 0. The summed E-state index contributed by atoms with van der Waals surface area (Å²) in [5, 5.41) is 11.0. The third-order valence-corrected chi connectivity index (χ3v) is 3.24. The van der Waals surface area contributed by atoms with Gasteiger partial charge in [-0.2, -0.15) is 0 Å². The monoisotopic (exact) mass is 298 g/mol. The zero-order valence-electron chi connectivity index (χ0n) is 11.4. The van der Waals surface area contributed by atoms with E-state index in [1.165, 1.54) is 30.3 Å². The number of aromatic nitrogens is 1. The molecule has 0 spiro atoms. The fourth-order valence-electron chi connectivity index (χ4n) is 2.14. The van der Waals surface area contributed by atoms with E-state index >= 15 is 0 Å². The Kier molecular flexibility index (Phi) is 3.65. The van der Waals surface area contributed by atoms with E-state index < -0.39 is 4.92 Å². The molecule has 0 atom stereocenters. The van der Waals surface area contributed by atoms with Crippen LogP contribution in [0.1, 0.15) is 5.56 Å². The van der Waals surface area contributed by atoms with Crippen molar-refractivity contribution in [2.24, 2.45) is 0 Å². The minimum absolute atomic E-state index is 0.00116. The first-order valence-corrected chi connectivity index (χ1v) is 6.54. The van der Waals surface area contributed by atoms with Crippen molar-refractivity contribution in [1.29, 1.82) is 0 Å². The van der Waals surface area contributed by atoms with Gasteiger partial charge in [-0.3, -0.25) is 15.1 Å². The molecule has 6 heteroatoms. The molecular formula is C16H11FN2O3. The minimum Gasteiger partial charge on any atom is -0.489 e. The lowest BCUT2D eigenvalue weighted by Crippen LogP contribution is -1.98. The second-order valence-electron chi connectivity index (χ2n) is 4.65. The maximum absolute atomic E-state index is 13.7. The van der Waals surface area contributed by atoms with Crippen LogP contribution in [-0.4, -0.2) is 9.91 Å². The highest BCUT2D eigenvalue weighted by atomic mass is 19.1. The van der Waals surface area contributed by atoms with E-state index in [4.69, 9.17) is 4.74 Å². The summed E-state index contributed by atoms with van der Waals surface area (Å²) in [4.78, 5) is 14.3. The molecule has 2 aromatic carbocycles. The number of rotatable bonds is 4. The Labute approximate surface area is 125 Å². The Morgan fingerprint density at radius 1 is 1.14 bits per heavy atom. The largest absolute Gasteiger partial charge is 0.489 e. The number of nitrogens with zero attached hydrogens (tertiary/aromatic N) is 2. The SMILES string of the molecule is O=[N+]([O-])c1ccc(OCc2ccc(F)c3cccnc23)cc1. The average Bonchev–Trinajstić information content (AvgIpc) is 2.55. The van der Waals surface area contributed by atoms with Crippen molar-refractivity contribution in [3.8, 4) is 5.75 Å². The molecule has 0 bridgehead atoms. The number of ether oxygens (including phenoxy) is 1. The van der Waals surface area contributed by atoms with E-state index in [1.54, 1.807) is 24.4 Å². The normalized spacial score (nSPS) is 10.6. The number of fused-ring (bicyclic) bond motifs is 1. The summed E-state index contributed by atoms with van der Waals surface area (Å²) in [5.74, 6) is 0.168. The molecule has 0 N–H and O–H groups in total. The lowest BCUT2D eigenvalue weighted by Gasteiger charge is -2.09. The molecule has 0 radical (unpaired) electrons. The molecule has 0 aliphatic heterocycles. The quantitative estimate of drug-likeness (QED) is 0.542. The van der Waals surface area contributed by atoms with Gasteiger partial charge in [0.2, 0.25) is 0 Å². The van der Waals surface area contributed by atoms with Crippen molar-refractivity contribution in [2.75, 3.05) is 0 Å². The topological polar surface area (TPSA) is 65.3 Å². The molecule has 110 valence electrons. The van der Waals surface area contributed by atoms with Gasteiger partial charge in [0.05, 0.1) is 10.4 Å². The average molecular weight is 298 g/mol. The van der Waals surface area contributed by atoms with Crippen LogP contribution < -0.4 is 4.74 Å². The fourth-order valence-corrected chi connectivity index (χ4v) is 2.14. The number of benzene rings is 2. The molecule has 3 aromatic rings. The summed E-state index contributed by atoms with van der Waals surface area (Å²) in [6.07, 6.45) is 1.59. The van der Waals surface area contributed by atoms with Gasteiger partial charge in [0, 0.05) is 29.3 Å². The molecule has 3 rings (SSSR count). The zero-order chi connectivity index (χ0) is 15.5. The first-order chi connectivity index (χ1) is 10.6. The van der Waals surface area contributed by atoms with Gasteiger partial charge in [-0.05, 0) is 30.3 Å². The van der Waals surface area contributed by atoms with Gasteiger partial charge in [0.1, 0.15) is 18.2 Å². The molecule has 22 heavy (non-hydrogen) atoms. The molecule has 0 saturated carbocycles. The summed E-state index contributed by atoms with van der Waals surface area (Å²) in [7, 11) is 0. The number of nitro benzene ring substituents is 1. The van der Waals surface area contributed by atoms with Crippen LogP contribution in [-0.2, 0) is 6.61 Å². The number of pyridine rings is 1. The van der Waals surface area contributed by atoms with Crippen LogP contribution in [0.25, 0.3) is 10.9 Å². The third-order valence-electron chi connectivity index (χ3n) is 3.24. The molecule has 0 aliphatic carbocycles. The highest BCUT2D eigenvalue weighted by Crippen LogP contribution is 2.22. The number of nitro groups is 1. The van der Waals surface area contributed by atoms with E-state index in [2.05, 4.69) is 4.98 Å². The second kappa shape index (κ2) is 5.77. The van der Waals surface area contributed by atoms with E-state index in [9.17, 15) is 14.5 Å². The maximum Gasteiger partial charge on any atom is 0.269 e. The van der Waals surface area contributed by atoms with Crippen molar-refractivity contribution in [3.63, 3.8) is 0 Å². The van der Waals surface area contributed by atoms with E-state index in [1.807, 2.05) is 0 Å². The number of halogens is 1. The van der Waals surface area contributed by atoms with Crippen molar-refractivity contribution < 1.29 is 14.1 Å². The van der Waals surface area contributed by atoms with Gasteiger partial charge in [-0.15, -0.1) is 0 Å². The Hall–Kier alpha value is -3.02. The first kappa shape index (κ1) is 13.9. The molecule has 0 unspecified atom stereocenters. The van der Waals surface area contributed by atoms with Gasteiger partial charge in [0.25, 0.3) is 5.69 Å². The van der Waals surface area contributed by atoms with Crippen molar-refractivity contribution in [2.45, 2.75) is 6.61 Å². The summed E-state index contributed by atoms with van der Waals surface area (Å²) < 4.78 is 19.3. The van der Waals surface area contributed by atoms with Crippen LogP contribution in [0.2, 0.25) is 0 Å². The van der Waals surface area contributed by atoms with Crippen LogP contribution in [0.5, 0.6) is 5.75 Å². The smallest absolute Gasteiger partial charge is 0.269 e. The van der Waals surface area contributed by atoms with Crippen LogP contribution in [0.4, 0.5) is 10.1 Å². The van der Waals surface area contributed by atoms with E-state index in [0.717, 1.165) is 5.56 Å². The van der Waals surface area contributed by atoms with Crippen molar-refractivity contribution in [3.05, 3.63) is 76.2 Å². The van der Waals surface area contributed by atoms with Gasteiger partial charge in [-0.1, -0.05) is 6.07 Å². The number of non-ortho nitro benzene ring substituents is 1. The Morgan fingerprint density at radius 3 is 2.64 bits per heavy atom. The molecule has 0 aliphatic rings. The maximum atomic E-state index is 13.7. The molecule has 1 aromatic heterocycles. The predicted molar refractivity (Wildman–Crippen MR) is 79.1 cm³/mol. The molecule has 1 heterocycles. The fraction of sp³-hybridized carbons (Fsp3) is 0.0625. The van der Waals surface area contributed by atoms with Crippen LogP contribution in [0.15, 0.2) is 54.7 Å². The van der Waals surface area contributed by atoms with Crippen LogP contribution in [0.3, 0.4) is 0 Å². The first-order valence-electron chi connectivity index (χ1n) is 6.54. The van der Waals surface area contributed by atoms with Gasteiger partial charge >= 0.3 is 0 Å². The Balaban J connectivity index is 1.82. The molecular weight excluding hydrogens is 287 g/mol. The summed E-state index contributed by atoms with van der Waals surface area (Å²) in [6.45, 7) is 0.200. The van der Waals surface area contributed by atoms with Gasteiger partial charge < -0.3 is 4.74 Å². The predicted octanol–water partition coefficient (Wildman–Crippen LogP) is 3.86. The highest BCUT2D eigenvalue weighted by molar-refractivity contribution is 5.82. The lowest BCUT2D eigenvalue weighted by molar-refractivity contribution is -0.384. The van der Waals surface area contributed by atoms with E-state index in [0.29, 0.717) is 16.7 Å². The third kappa shape index (κ3) is 2.71. The zero-order valence-corrected chi connectivity index (χ0v) is 11.4. The molecule has 0 fully saturated rings. The van der Waals surface area contributed by atoms with Gasteiger partial charge in [0.15, 0.2) is 0 Å². The lowest BCUT2D eigenvalue weighted by atomic mass is 10.1. The van der Waals surface area contributed by atoms with Crippen LogP contribution >= 0.6 is 0 Å². The standard InChI is InChI=1S/C16H11FN2O3/c17-15-8-3-11(16-14(15)2-1-9-18-16)10-22-13-6-4-12(5-7-13)19(20)21/h1-9H,10H2. The summed E-state index contributed by atoms with van der Waals surface area (Å²) in [5.41, 5.74) is 1.29. The number of hydrogen-bond acceptors (Lipinski definition) is 4. The molecule has 0 saturated heterocycles. The minimum atomic E-state index is -0.471. The van der Waals surface area contributed by atoms with Crippen molar-refractivity contribution in [1.82, 2.24) is 4.98 Å². The Morgan fingerprint density at radius 2 is 1.91 bits per heavy atom. The number of hydrogen-bond donors (Lipinski definition) is 0. The molecule has 5 nitrogen and oxygen atoms in total. The van der Waals surface area contributed by atoms with Crippen LogP contribution in [0, 0.1) is 15.9 Å². The van der Waals surface area contributed by atoms with Crippen molar-refractivity contribution >= 4 is 16.6 Å². The summed E-state index contributed by atoms with van der Waals surface area (Å²) in [6, 6.07) is 12.1. The Bertz CT molecular complexity index is 834. The second-order valence-corrected chi connectivity index (χ2v) is 4.65. The highest BCUT2D eigenvalue weighted by Gasteiger charge is 2.08. The molecule has 0 amide bonds.